The molecule has 0 atom stereocenters. The molecule has 0 amide bonds. The fraction of sp³-hybridized carbons (Fsp3) is 0.778. The molecule has 0 aliphatic carbocycles. The highest BCUT2D eigenvalue weighted by Crippen LogP contribution is 2.05. The second-order valence-corrected chi connectivity index (χ2v) is 2.82. The summed E-state index contributed by atoms with van der Waals surface area (Å²) in [5.74, 6) is 0. The summed E-state index contributed by atoms with van der Waals surface area (Å²) in [4.78, 5) is 0. The van der Waals surface area contributed by atoms with E-state index in [1.54, 1.807) is 5.54 Å². The summed E-state index contributed by atoms with van der Waals surface area (Å²) in [6.45, 7) is 2.23. The molecule has 60 valence electrons. The van der Waals surface area contributed by atoms with Crippen molar-refractivity contribution in [1.29, 1.82) is 0 Å². The van der Waals surface area contributed by atoms with Gasteiger partial charge in [0.15, 0.2) is 0 Å². The van der Waals surface area contributed by atoms with Crippen LogP contribution >= 0.6 is 11.6 Å². The number of halogens is 1. The van der Waals surface area contributed by atoms with Crippen LogP contribution in [0, 0.1) is 0 Å². The van der Waals surface area contributed by atoms with E-state index in [4.69, 9.17) is 11.6 Å². The van der Waals surface area contributed by atoms with E-state index < -0.39 is 0 Å². The number of rotatable bonds is 6. The van der Waals surface area contributed by atoms with Crippen LogP contribution in [0.5, 0.6) is 0 Å². The van der Waals surface area contributed by atoms with Crippen LogP contribution < -0.4 is 0 Å². The lowest BCUT2D eigenvalue weighted by molar-refractivity contribution is 0.637. The van der Waals surface area contributed by atoms with Gasteiger partial charge in [0.1, 0.15) is 0 Å². The van der Waals surface area contributed by atoms with Crippen molar-refractivity contribution in [3.05, 3.63) is 11.6 Å². The summed E-state index contributed by atoms with van der Waals surface area (Å²) in [5, 5.41) is 0. The van der Waals surface area contributed by atoms with Crippen molar-refractivity contribution in [3.8, 4) is 0 Å². The van der Waals surface area contributed by atoms with Crippen molar-refractivity contribution >= 4 is 11.6 Å². The van der Waals surface area contributed by atoms with Crippen molar-refractivity contribution < 1.29 is 0 Å². The third-order valence-corrected chi connectivity index (χ3v) is 1.74. The third-order valence-electron chi connectivity index (χ3n) is 1.56. The van der Waals surface area contributed by atoms with Gasteiger partial charge in [-0.05, 0) is 12.8 Å². The van der Waals surface area contributed by atoms with Gasteiger partial charge in [-0.2, -0.15) is 0 Å². The Bertz CT molecular complexity index is 76.8. The number of hydrogen-bond donors (Lipinski definition) is 0. The van der Waals surface area contributed by atoms with E-state index >= 15 is 0 Å². The molecule has 0 fully saturated rings. The van der Waals surface area contributed by atoms with E-state index in [2.05, 4.69) is 6.92 Å². The van der Waals surface area contributed by atoms with Crippen LogP contribution in [0.3, 0.4) is 0 Å². The van der Waals surface area contributed by atoms with Gasteiger partial charge < -0.3 is 0 Å². The van der Waals surface area contributed by atoms with E-state index in [-0.39, 0.29) is 0 Å². The summed E-state index contributed by atoms with van der Waals surface area (Å²) in [5.41, 5.74) is 1.61. The SMILES string of the molecule is CCCCCCC/C=C\Cl. The second kappa shape index (κ2) is 9.03. The van der Waals surface area contributed by atoms with Gasteiger partial charge in [-0.25, -0.2) is 0 Å². The van der Waals surface area contributed by atoms with Crippen LogP contribution in [-0.2, 0) is 0 Å². The van der Waals surface area contributed by atoms with Gasteiger partial charge in [0.05, 0.1) is 0 Å². The number of allylic oxidation sites excluding steroid dienone is 1. The zero-order chi connectivity index (χ0) is 7.66. The average Bonchev–Trinajstić information content (AvgIpc) is 1.97. The molecule has 1 heteroatoms. The highest BCUT2D eigenvalue weighted by Gasteiger charge is 1.85. The molecule has 0 saturated carbocycles. The van der Waals surface area contributed by atoms with Crippen LogP contribution in [0.15, 0.2) is 11.6 Å². The first kappa shape index (κ1) is 10.0. The average molecular weight is 161 g/mol. The molecular formula is C9H17Cl. The molecule has 0 N–H and O–H groups in total. The van der Waals surface area contributed by atoms with Gasteiger partial charge in [0.25, 0.3) is 0 Å². The zero-order valence-corrected chi connectivity index (χ0v) is 7.53. The Labute approximate surface area is 69.3 Å². The first-order chi connectivity index (χ1) is 4.91. The summed E-state index contributed by atoms with van der Waals surface area (Å²) < 4.78 is 0. The van der Waals surface area contributed by atoms with E-state index in [0.29, 0.717) is 0 Å². The first-order valence-corrected chi connectivity index (χ1v) is 4.60. The molecule has 0 unspecified atom stereocenters. The lowest BCUT2D eigenvalue weighted by Gasteiger charge is -1.94. The second-order valence-electron chi connectivity index (χ2n) is 2.56. The normalized spacial score (nSPS) is 11.0. The molecule has 0 aliphatic heterocycles. The molecule has 0 spiro atoms. The molecule has 0 aromatic carbocycles. The Morgan fingerprint density at radius 1 is 1.10 bits per heavy atom. The number of hydrogen-bond acceptors (Lipinski definition) is 0. The molecule has 0 saturated heterocycles. The summed E-state index contributed by atoms with van der Waals surface area (Å²) in [6.07, 6.45) is 9.90. The molecule has 10 heavy (non-hydrogen) atoms. The number of unbranched alkanes of at least 4 members (excludes halogenated alkanes) is 5. The Morgan fingerprint density at radius 3 is 2.40 bits per heavy atom. The molecular weight excluding hydrogens is 144 g/mol. The summed E-state index contributed by atoms with van der Waals surface area (Å²) in [7, 11) is 0. The van der Waals surface area contributed by atoms with Crippen molar-refractivity contribution in [3.63, 3.8) is 0 Å². The molecule has 0 aliphatic rings. The van der Waals surface area contributed by atoms with Gasteiger partial charge in [0, 0.05) is 5.54 Å². The topological polar surface area (TPSA) is 0 Å². The lowest BCUT2D eigenvalue weighted by Crippen LogP contribution is -1.75. The van der Waals surface area contributed by atoms with E-state index in [0.717, 1.165) is 6.42 Å². The van der Waals surface area contributed by atoms with Crippen molar-refractivity contribution in [1.82, 2.24) is 0 Å². The molecule has 0 aromatic rings. The van der Waals surface area contributed by atoms with Gasteiger partial charge in [-0.15, -0.1) is 0 Å². The maximum absolute atomic E-state index is 5.36. The largest absolute Gasteiger partial charge is 0.0933 e. The Morgan fingerprint density at radius 2 is 1.80 bits per heavy atom. The van der Waals surface area contributed by atoms with Crippen molar-refractivity contribution in [2.24, 2.45) is 0 Å². The Hall–Kier alpha value is 0.0300. The lowest BCUT2D eigenvalue weighted by atomic mass is 10.1. The van der Waals surface area contributed by atoms with Crippen LogP contribution in [0.2, 0.25) is 0 Å². The van der Waals surface area contributed by atoms with Crippen LogP contribution in [0.4, 0.5) is 0 Å². The fourth-order valence-corrected chi connectivity index (χ4v) is 1.05. The predicted molar refractivity (Wildman–Crippen MR) is 48.4 cm³/mol. The predicted octanol–water partition coefficient (Wildman–Crippen LogP) is 4.10. The minimum absolute atomic E-state index is 1.15. The minimum Gasteiger partial charge on any atom is -0.0933 e. The summed E-state index contributed by atoms with van der Waals surface area (Å²) in [6, 6.07) is 0. The van der Waals surface area contributed by atoms with Crippen molar-refractivity contribution in [2.75, 3.05) is 0 Å². The fourth-order valence-electron chi connectivity index (χ4n) is 0.929. The zero-order valence-electron chi connectivity index (χ0n) is 6.78. The van der Waals surface area contributed by atoms with Gasteiger partial charge in [-0.1, -0.05) is 50.3 Å². The minimum atomic E-state index is 1.15. The van der Waals surface area contributed by atoms with Crippen molar-refractivity contribution in [2.45, 2.75) is 45.4 Å². The molecule has 0 radical (unpaired) electrons. The molecule has 0 aromatic heterocycles. The third kappa shape index (κ3) is 8.03. The van der Waals surface area contributed by atoms with Crippen LogP contribution in [0.1, 0.15) is 45.4 Å². The van der Waals surface area contributed by atoms with E-state index in [1.165, 1.54) is 32.1 Å². The highest BCUT2D eigenvalue weighted by atomic mass is 35.5. The highest BCUT2D eigenvalue weighted by molar-refractivity contribution is 6.25. The van der Waals surface area contributed by atoms with Crippen LogP contribution in [0.25, 0.3) is 0 Å². The van der Waals surface area contributed by atoms with Crippen LogP contribution in [-0.4, -0.2) is 0 Å². The monoisotopic (exact) mass is 160 g/mol. The summed E-state index contributed by atoms with van der Waals surface area (Å²) >= 11 is 5.36. The molecule has 0 heterocycles. The maximum atomic E-state index is 5.36. The Kier molecular flexibility index (Phi) is 9.06. The first-order valence-electron chi connectivity index (χ1n) is 4.17. The van der Waals surface area contributed by atoms with E-state index in [1.807, 2.05) is 6.08 Å². The molecule has 0 rings (SSSR count). The van der Waals surface area contributed by atoms with Gasteiger partial charge in [-0.3, -0.25) is 0 Å². The molecule has 0 bridgehead atoms. The smallest absolute Gasteiger partial charge is 0.000245 e. The maximum Gasteiger partial charge on any atom is 0.000245 e. The Balaban J connectivity index is 2.77. The van der Waals surface area contributed by atoms with E-state index in [9.17, 15) is 0 Å². The standard InChI is InChI=1S/C9H17Cl/c1-2-3-4-5-6-7-8-9-10/h8-9H,2-7H2,1H3/b9-8-. The van der Waals surface area contributed by atoms with Gasteiger partial charge >= 0.3 is 0 Å². The quantitative estimate of drug-likeness (QED) is 0.514. The van der Waals surface area contributed by atoms with Gasteiger partial charge in [0.2, 0.25) is 0 Å². The molecule has 0 nitrogen and oxygen atoms in total.